The first-order valence-electron chi connectivity index (χ1n) is 13.4. The smallest absolute Gasteiger partial charge is 0.307 e. The van der Waals surface area contributed by atoms with Gasteiger partial charge >= 0.3 is 5.97 Å². The molecule has 1 saturated heterocycles. The number of likely N-dealkylation sites (tertiary alicyclic amines) is 1. The monoisotopic (exact) mass is 441 g/mol. The van der Waals surface area contributed by atoms with Crippen molar-refractivity contribution in [1.82, 2.24) is 4.90 Å². The van der Waals surface area contributed by atoms with Gasteiger partial charge in [0.2, 0.25) is 0 Å². The van der Waals surface area contributed by atoms with E-state index < -0.39 is 0 Å². The van der Waals surface area contributed by atoms with Gasteiger partial charge in [0.05, 0.1) is 6.42 Å². The summed E-state index contributed by atoms with van der Waals surface area (Å²) in [6, 6.07) is 0. The minimum absolute atomic E-state index is 0.0152. The Kier molecular flexibility index (Phi) is 6.05. The predicted octanol–water partition coefficient (Wildman–Crippen LogP) is 5.55. The molecule has 4 fully saturated rings. The molecule has 0 N–H and O–H groups in total. The molecule has 0 bridgehead atoms. The highest BCUT2D eigenvalue weighted by Crippen LogP contribution is 2.66. The van der Waals surface area contributed by atoms with Crippen molar-refractivity contribution in [3.05, 3.63) is 11.6 Å². The van der Waals surface area contributed by atoms with Crippen LogP contribution in [-0.4, -0.2) is 42.4 Å². The number of hydrogen-bond acceptors (Lipinski definition) is 4. The van der Waals surface area contributed by atoms with Gasteiger partial charge in [-0.1, -0.05) is 19.9 Å². The topological polar surface area (TPSA) is 46.6 Å². The van der Waals surface area contributed by atoms with Crippen LogP contribution in [0.2, 0.25) is 0 Å². The van der Waals surface area contributed by atoms with E-state index in [4.69, 9.17) is 4.74 Å². The van der Waals surface area contributed by atoms with Crippen molar-refractivity contribution in [3.8, 4) is 0 Å². The van der Waals surface area contributed by atoms with E-state index in [1.54, 1.807) is 6.92 Å². The maximum atomic E-state index is 12.5. The first-order chi connectivity index (χ1) is 15.3. The maximum absolute atomic E-state index is 12.5. The molecule has 1 aliphatic heterocycles. The molecule has 0 amide bonds. The highest BCUT2D eigenvalue weighted by atomic mass is 16.5. The largest absolute Gasteiger partial charge is 0.462 e. The Labute approximate surface area is 194 Å². The molecule has 0 radical (unpaired) electrons. The molecule has 5 rings (SSSR count). The summed E-state index contributed by atoms with van der Waals surface area (Å²) >= 11 is 0. The lowest BCUT2D eigenvalue weighted by Crippen LogP contribution is -2.54. The summed E-state index contributed by atoms with van der Waals surface area (Å²) in [6.07, 6.45) is 14.9. The first kappa shape index (κ1) is 22.6. The van der Waals surface area contributed by atoms with Crippen LogP contribution in [0.5, 0.6) is 0 Å². The summed E-state index contributed by atoms with van der Waals surface area (Å²) in [5, 5.41) is 0. The summed E-state index contributed by atoms with van der Waals surface area (Å²) in [4.78, 5) is 27.2. The summed E-state index contributed by atoms with van der Waals surface area (Å²) in [5.74, 6) is 3.16. The number of fused-ring (bicyclic) bond motifs is 5. The molecular formula is C28H43NO3. The number of esters is 1. The second-order valence-electron chi connectivity index (χ2n) is 12.2. The molecule has 0 aromatic heterocycles. The van der Waals surface area contributed by atoms with Gasteiger partial charge in [0.1, 0.15) is 6.10 Å². The minimum atomic E-state index is 0.0152. The van der Waals surface area contributed by atoms with Gasteiger partial charge in [0.25, 0.3) is 0 Å². The van der Waals surface area contributed by atoms with Crippen LogP contribution in [0, 0.1) is 34.5 Å². The molecular weight excluding hydrogens is 398 g/mol. The molecule has 0 spiro atoms. The van der Waals surface area contributed by atoms with Gasteiger partial charge < -0.3 is 9.64 Å². The third-order valence-corrected chi connectivity index (χ3v) is 10.7. The quantitative estimate of drug-likeness (QED) is 0.525. The lowest BCUT2D eigenvalue weighted by atomic mass is 9.44. The van der Waals surface area contributed by atoms with Crippen LogP contribution in [0.25, 0.3) is 0 Å². The molecule has 3 saturated carbocycles. The molecule has 7 atom stereocenters. The molecule has 32 heavy (non-hydrogen) atoms. The summed E-state index contributed by atoms with van der Waals surface area (Å²) in [5.41, 5.74) is 1.61. The third-order valence-electron chi connectivity index (χ3n) is 10.7. The van der Waals surface area contributed by atoms with Crippen molar-refractivity contribution >= 4 is 11.8 Å². The minimum Gasteiger partial charge on any atom is -0.462 e. The Hall–Kier alpha value is -1.16. The van der Waals surface area contributed by atoms with Gasteiger partial charge in [0.15, 0.2) is 5.78 Å². The number of allylic oxidation sites excluding steroid dienone is 2. The number of carbonyl (C=O) groups is 2. The summed E-state index contributed by atoms with van der Waals surface area (Å²) < 4.78 is 6.00. The molecule has 1 heterocycles. The number of rotatable bonds is 5. The first-order valence-corrected chi connectivity index (χ1v) is 13.4. The zero-order chi connectivity index (χ0) is 22.5. The second kappa shape index (κ2) is 8.56. The molecule has 178 valence electrons. The second-order valence-corrected chi connectivity index (χ2v) is 12.2. The van der Waals surface area contributed by atoms with Crippen LogP contribution in [-0.2, 0) is 14.3 Å². The Morgan fingerprint density at radius 2 is 1.84 bits per heavy atom. The number of ether oxygens (including phenoxy) is 1. The van der Waals surface area contributed by atoms with Crippen molar-refractivity contribution in [2.45, 2.75) is 97.5 Å². The SMILES string of the molecule is CC(=O)C1=CCC2C3CCC4CC(OC(=O)CCN5CCCC5)CCC4(C)C3CCC12C. The fourth-order valence-electron chi connectivity index (χ4n) is 8.94. The maximum Gasteiger partial charge on any atom is 0.307 e. The molecule has 7 unspecified atom stereocenters. The van der Waals surface area contributed by atoms with Crippen molar-refractivity contribution in [1.29, 1.82) is 0 Å². The predicted molar refractivity (Wildman–Crippen MR) is 126 cm³/mol. The van der Waals surface area contributed by atoms with Crippen molar-refractivity contribution in [2.24, 2.45) is 34.5 Å². The summed E-state index contributed by atoms with van der Waals surface area (Å²) in [7, 11) is 0. The van der Waals surface area contributed by atoms with Crippen LogP contribution in [0.15, 0.2) is 11.6 Å². The van der Waals surface area contributed by atoms with E-state index in [2.05, 4.69) is 24.8 Å². The molecule has 0 aromatic carbocycles. The fourth-order valence-corrected chi connectivity index (χ4v) is 8.94. The molecule has 4 heteroatoms. The number of ketones is 1. The Morgan fingerprint density at radius 3 is 2.59 bits per heavy atom. The highest BCUT2D eigenvalue weighted by Gasteiger charge is 2.59. The Bertz CT molecular complexity index is 784. The highest BCUT2D eigenvalue weighted by molar-refractivity contribution is 5.95. The van der Waals surface area contributed by atoms with Crippen molar-refractivity contribution in [3.63, 3.8) is 0 Å². The van der Waals surface area contributed by atoms with Crippen molar-refractivity contribution in [2.75, 3.05) is 19.6 Å². The average molecular weight is 442 g/mol. The molecule has 0 aromatic rings. The number of hydrogen-bond donors (Lipinski definition) is 0. The molecule has 4 aliphatic carbocycles. The van der Waals surface area contributed by atoms with Crippen LogP contribution < -0.4 is 0 Å². The Balaban J connectivity index is 1.20. The van der Waals surface area contributed by atoms with E-state index in [1.165, 1.54) is 44.9 Å². The average Bonchev–Trinajstić information content (AvgIpc) is 3.39. The zero-order valence-electron chi connectivity index (χ0n) is 20.5. The van der Waals surface area contributed by atoms with E-state index in [1.807, 2.05) is 0 Å². The number of Topliss-reactive ketones (excluding diaryl/α,β-unsaturated/α-hetero) is 1. The van der Waals surface area contributed by atoms with Gasteiger partial charge in [-0.15, -0.1) is 0 Å². The van der Waals surface area contributed by atoms with Crippen molar-refractivity contribution < 1.29 is 14.3 Å². The molecule has 4 nitrogen and oxygen atoms in total. The van der Waals surface area contributed by atoms with Crippen LogP contribution >= 0.6 is 0 Å². The van der Waals surface area contributed by atoms with Crippen LogP contribution in [0.3, 0.4) is 0 Å². The lowest BCUT2D eigenvalue weighted by Gasteiger charge is -2.60. The van der Waals surface area contributed by atoms with Gasteiger partial charge in [0, 0.05) is 6.54 Å². The number of carbonyl (C=O) groups excluding carboxylic acids is 2. The van der Waals surface area contributed by atoms with E-state index in [0.29, 0.717) is 29.5 Å². The van der Waals surface area contributed by atoms with E-state index >= 15 is 0 Å². The van der Waals surface area contributed by atoms with Gasteiger partial charge in [-0.25, -0.2) is 0 Å². The zero-order valence-corrected chi connectivity index (χ0v) is 20.5. The standard InChI is InChI=1S/C28H43NO3/c1-19(30)23-8-9-24-22-7-6-20-18-21(32-26(31)12-17-29-15-4-5-16-29)10-13-27(20,2)25(22)11-14-28(23,24)3/h8,20-22,24-25H,4-7,9-18H2,1-3H3. The Morgan fingerprint density at radius 1 is 1.06 bits per heavy atom. The van der Waals surface area contributed by atoms with E-state index in [0.717, 1.165) is 56.3 Å². The molecule has 5 aliphatic rings. The fraction of sp³-hybridized carbons (Fsp3) is 0.857. The number of nitrogens with zero attached hydrogens (tertiary/aromatic N) is 1. The van der Waals surface area contributed by atoms with E-state index in [-0.39, 0.29) is 17.5 Å². The van der Waals surface area contributed by atoms with Gasteiger partial charge in [-0.05, 0) is 124 Å². The third kappa shape index (κ3) is 3.79. The van der Waals surface area contributed by atoms with Crippen LogP contribution in [0.1, 0.15) is 91.4 Å². The van der Waals surface area contributed by atoms with Crippen LogP contribution in [0.4, 0.5) is 0 Å². The summed E-state index contributed by atoms with van der Waals surface area (Å²) in [6.45, 7) is 9.84. The lowest BCUT2D eigenvalue weighted by molar-refractivity contribution is -0.161. The normalized spacial score (nSPS) is 43.7. The van der Waals surface area contributed by atoms with Gasteiger partial charge in [-0.3, -0.25) is 9.59 Å². The van der Waals surface area contributed by atoms with Gasteiger partial charge in [-0.2, -0.15) is 0 Å². The van der Waals surface area contributed by atoms with E-state index in [9.17, 15) is 9.59 Å².